The molecule has 5 rings (SSSR count). The van der Waals surface area contributed by atoms with Gasteiger partial charge in [0.2, 0.25) is 0 Å². The largest absolute Gasteiger partial charge is 0.497 e. The van der Waals surface area contributed by atoms with E-state index in [-0.39, 0.29) is 11.4 Å². The summed E-state index contributed by atoms with van der Waals surface area (Å²) in [7, 11) is 1.61. The van der Waals surface area contributed by atoms with Crippen molar-refractivity contribution in [1.29, 1.82) is 0 Å². The molecule has 0 aliphatic carbocycles. The van der Waals surface area contributed by atoms with E-state index in [2.05, 4.69) is 4.98 Å². The highest BCUT2D eigenvalue weighted by Crippen LogP contribution is 2.28. The molecule has 2 heterocycles. The summed E-state index contributed by atoms with van der Waals surface area (Å²) in [6, 6.07) is 20.2. The molecule has 0 spiro atoms. The molecule has 0 saturated heterocycles. The Labute approximate surface area is 184 Å². The van der Waals surface area contributed by atoms with Crippen LogP contribution in [0.1, 0.15) is 16.7 Å². The highest BCUT2D eigenvalue weighted by molar-refractivity contribution is 6.05. The second-order valence-corrected chi connectivity index (χ2v) is 7.90. The van der Waals surface area contributed by atoms with Crippen molar-refractivity contribution in [2.24, 2.45) is 0 Å². The Balaban J connectivity index is 1.71. The van der Waals surface area contributed by atoms with Gasteiger partial charge >= 0.3 is 0 Å². The molecular weight excluding hydrogens is 405 g/mol. The van der Waals surface area contributed by atoms with Crippen molar-refractivity contribution in [3.8, 4) is 5.75 Å². The van der Waals surface area contributed by atoms with E-state index in [4.69, 9.17) is 4.74 Å². The molecule has 0 unspecified atom stereocenters. The van der Waals surface area contributed by atoms with Crippen LogP contribution in [0.4, 0.5) is 4.39 Å². The van der Waals surface area contributed by atoms with E-state index in [1.54, 1.807) is 17.7 Å². The predicted molar refractivity (Wildman–Crippen MR) is 124 cm³/mol. The molecule has 0 atom stereocenters. The number of fused-ring (bicyclic) bond motifs is 3. The second-order valence-electron chi connectivity index (χ2n) is 7.90. The van der Waals surface area contributed by atoms with Gasteiger partial charge in [-0.1, -0.05) is 36.4 Å². The SMILES string of the molecule is COc1cccc(Cn2cnc3c4cc(F)ccc4n(Cc4ccccc4C)c3c2=O)c1. The van der Waals surface area contributed by atoms with Gasteiger partial charge in [0.25, 0.3) is 5.56 Å². The number of rotatable bonds is 5. The number of hydrogen-bond acceptors (Lipinski definition) is 3. The number of hydrogen-bond donors (Lipinski definition) is 0. The van der Waals surface area contributed by atoms with E-state index in [1.807, 2.05) is 60.0 Å². The van der Waals surface area contributed by atoms with Gasteiger partial charge in [0, 0.05) is 11.9 Å². The zero-order valence-electron chi connectivity index (χ0n) is 17.9. The Kier molecular flexibility index (Phi) is 4.98. The van der Waals surface area contributed by atoms with E-state index in [0.717, 1.165) is 28.0 Å². The van der Waals surface area contributed by atoms with Crippen LogP contribution in [0.2, 0.25) is 0 Å². The molecule has 6 heteroatoms. The number of aromatic nitrogens is 3. The van der Waals surface area contributed by atoms with Crippen LogP contribution in [-0.4, -0.2) is 21.2 Å². The zero-order valence-corrected chi connectivity index (χ0v) is 17.9. The average molecular weight is 427 g/mol. The molecule has 0 radical (unpaired) electrons. The molecule has 0 aliphatic heterocycles. The third-order valence-corrected chi connectivity index (χ3v) is 5.87. The molecule has 5 aromatic rings. The Morgan fingerprint density at radius 3 is 2.66 bits per heavy atom. The zero-order chi connectivity index (χ0) is 22.2. The molecule has 0 saturated carbocycles. The Morgan fingerprint density at radius 2 is 1.84 bits per heavy atom. The van der Waals surface area contributed by atoms with Gasteiger partial charge < -0.3 is 9.30 Å². The summed E-state index contributed by atoms with van der Waals surface area (Å²) >= 11 is 0. The molecule has 160 valence electrons. The molecule has 32 heavy (non-hydrogen) atoms. The Morgan fingerprint density at radius 1 is 1.00 bits per heavy atom. The molecule has 2 aromatic heterocycles. The number of nitrogens with zero attached hydrogens (tertiary/aromatic N) is 3. The van der Waals surface area contributed by atoms with E-state index in [9.17, 15) is 9.18 Å². The van der Waals surface area contributed by atoms with E-state index < -0.39 is 0 Å². The highest BCUT2D eigenvalue weighted by Gasteiger charge is 2.18. The predicted octanol–water partition coefficient (Wildman–Crippen LogP) is 4.90. The van der Waals surface area contributed by atoms with Gasteiger partial charge in [0.15, 0.2) is 0 Å². The molecule has 0 fully saturated rings. The third kappa shape index (κ3) is 3.43. The fourth-order valence-corrected chi connectivity index (χ4v) is 4.17. The second kappa shape index (κ2) is 7.96. The minimum atomic E-state index is -0.352. The molecule has 3 aromatic carbocycles. The summed E-state index contributed by atoms with van der Waals surface area (Å²) in [4.78, 5) is 18.2. The van der Waals surface area contributed by atoms with Crippen LogP contribution in [0.3, 0.4) is 0 Å². The van der Waals surface area contributed by atoms with Gasteiger partial charge in [0.1, 0.15) is 22.6 Å². The fourth-order valence-electron chi connectivity index (χ4n) is 4.17. The first-order valence-corrected chi connectivity index (χ1v) is 10.4. The monoisotopic (exact) mass is 427 g/mol. The molecule has 0 bridgehead atoms. The minimum Gasteiger partial charge on any atom is -0.497 e. The van der Waals surface area contributed by atoms with Crippen molar-refractivity contribution in [1.82, 2.24) is 14.1 Å². The summed E-state index contributed by atoms with van der Waals surface area (Å²) in [5.41, 5.74) is 4.76. The minimum absolute atomic E-state index is 0.164. The Hall–Kier alpha value is -3.93. The molecule has 0 amide bonds. The lowest BCUT2D eigenvalue weighted by molar-refractivity contribution is 0.414. The first kappa shape index (κ1) is 20.0. The smallest absolute Gasteiger partial charge is 0.278 e. The van der Waals surface area contributed by atoms with Crippen molar-refractivity contribution in [2.75, 3.05) is 7.11 Å². The van der Waals surface area contributed by atoms with Crippen molar-refractivity contribution in [2.45, 2.75) is 20.0 Å². The van der Waals surface area contributed by atoms with Gasteiger partial charge in [-0.25, -0.2) is 9.37 Å². The molecule has 0 aliphatic rings. The summed E-state index contributed by atoms with van der Waals surface area (Å²) in [5, 5.41) is 0.638. The van der Waals surface area contributed by atoms with Crippen LogP contribution < -0.4 is 10.3 Å². The van der Waals surface area contributed by atoms with Gasteiger partial charge in [-0.05, 0) is 53.9 Å². The summed E-state index contributed by atoms with van der Waals surface area (Å²) < 4.78 is 22.9. The standard InChI is InChI=1S/C26H22FN3O2/c1-17-6-3-4-8-19(17)15-30-23-11-10-20(27)13-22(23)24-25(30)26(31)29(16-28-24)14-18-7-5-9-21(12-18)32-2/h3-13,16H,14-15H2,1-2H3. The van der Waals surface area contributed by atoms with E-state index in [0.29, 0.717) is 29.5 Å². The van der Waals surface area contributed by atoms with Crippen molar-refractivity contribution in [3.05, 3.63) is 106 Å². The topological polar surface area (TPSA) is 49.0 Å². The summed E-state index contributed by atoms with van der Waals surface area (Å²) in [6.45, 7) is 2.90. The third-order valence-electron chi connectivity index (χ3n) is 5.87. The normalized spacial score (nSPS) is 11.3. The first-order chi connectivity index (χ1) is 15.5. The fraction of sp³-hybridized carbons (Fsp3) is 0.154. The van der Waals surface area contributed by atoms with Gasteiger partial charge in [0.05, 0.1) is 25.5 Å². The van der Waals surface area contributed by atoms with E-state index >= 15 is 0 Å². The maximum absolute atomic E-state index is 14.1. The lowest BCUT2D eigenvalue weighted by Gasteiger charge is -2.11. The van der Waals surface area contributed by atoms with Crippen molar-refractivity contribution >= 4 is 21.9 Å². The van der Waals surface area contributed by atoms with Gasteiger partial charge in [-0.3, -0.25) is 9.36 Å². The van der Waals surface area contributed by atoms with Crippen molar-refractivity contribution in [3.63, 3.8) is 0 Å². The number of benzene rings is 3. The highest BCUT2D eigenvalue weighted by atomic mass is 19.1. The van der Waals surface area contributed by atoms with Crippen LogP contribution >= 0.6 is 0 Å². The maximum Gasteiger partial charge on any atom is 0.278 e. The molecule has 5 nitrogen and oxygen atoms in total. The Bertz CT molecular complexity index is 1520. The maximum atomic E-state index is 14.1. The summed E-state index contributed by atoms with van der Waals surface area (Å²) in [6.07, 6.45) is 1.53. The average Bonchev–Trinajstić information content (AvgIpc) is 3.10. The van der Waals surface area contributed by atoms with Crippen LogP contribution in [0.15, 0.2) is 77.9 Å². The summed E-state index contributed by atoms with van der Waals surface area (Å²) in [5.74, 6) is 0.378. The quantitative estimate of drug-likeness (QED) is 0.401. The first-order valence-electron chi connectivity index (χ1n) is 10.4. The lowest BCUT2D eigenvalue weighted by atomic mass is 10.1. The van der Waals surface area contributed by atoms with Crippen molar-refractivity contribution < 1.29 is 9.13 Å². The lowest BCUT2D eigenvalue weighted by Crippen LogP contribution is -2.23. The number of halogens is 1. The number of aryl methyl sites for hydroxylation is 1. The molecule has 0 N–H and O–H groups in total. The van der Waals surface area contributed by atoms with E-state index in [1.165, 1.54) is 18.5 Å². The van der Waals surface area contributed by atoms with Crippen LogP contribution in [0.25, 0.3) is 21.9 Å². The van der Waals surface area contributed by atoms with Crippen LogP contribution in [0.5, 0.6) is 5.75 Å². The van der Waals surface area contributed by atoms with Gasteiger partial charge in [-0.15, -0.1) is 0 Å². The van der Waals surface area contributed by atoms with Gasteiger partial charge in [-0.2, -0.15) is 0 Å². The van der Waals surface area contributed by atoms with Crippen LogP contribution in [-0.2, 0) is 13.1 Å². The molecular formula is C26H22FN3O2. The number of ether oxygens (including phenoxy) is 1. The number of methoxy groups -OCH3 is 1. The van der Waals surface area contributed by atoms with Crippen LogP contribution in [0, 0.1) is 12.7 Å².